The number of rotatable bonds is 6. The second-order valence-electron chi connectivity index (χ2n) is 5.36. The van der Waals surface area contributed by atoms with E-state index < -0.39 is 11.7 Å². The molecule has 0 radical (unpaired) electrons. The largest absolute Gasteiger partial charge is 0.503 e. The quantitative estimate of drug-likeness (QED) is 0.599. The van der Waals surface area contributed by atoms with Gasteiger partial charge in [0.1, 0.15) is 27.1 Å². The molecule has 0 unspecified atom stereocenters. The molecule has 0 fully saturated rings. The molecule has 7 nitrogen and oxygen atoms in total. The van der Waals surface area contributed by atoms with Crippen molar-refractivity contribution in [3.05, 3.63) is 32.3 Å². The lowest BCUT2D eigenvalue weighted by atomic mass is 10.1. The lowest BCUT2D eigenvalue weighted by Crippen LogP contribution is -2.08. The molecule has 0 bridgehead atoms. The van der Waals surface area contributed by atoms with Gasteiger partial charge in [-0.1, -0.05) is 34.8 Å². The molecule has 0 aliphatic carbocycles. The maximum Gasteiger partial charge on any atom is 0.345 e. The number of ether oxygens (including phenoxy) is 5. The molecule has 152 valence electrons. The second-order valence-corrected chi connectivity index (χ2v) is 6.49. The molecule has 0 atom stereocenters. The summed E-state index contributed by atoms with van der Waals surface area (Å²) < 4.78 is 26.1. The van der Waals surface area contributed by atoms with Gasteiger partial charge in [0.15, 0.2) is 23.0 Å². The summed E-state index contributed by atoms with van der Waals surface area (Å²) >= 11 is 18.6. The van der Waals surface area contributed by atoms with Crippen LogP contribution in [0.4, 0.5) is 0 Å². The van der Waals surface area contributed by atoms with Crippen molar-refractivity contribution in [2.24, 2.45) is 0 Å². The Morgan fingerprint density at radius 3 is 1.96 bits per heavy atom. The Labute approximate surface area is 176 Å². The summed E-state index contributed by atoms with van der Waals surface area (Å²) in [5.74, 6) is -1.11. The molecule has 0 aliphatic rings. The molecule has 2 aromatic carbocycles. The predicted molar refractivity (Wildman–Crippen MR) is 105 cm³/mol. The first-order valence-electron chi connectivity index (χ1n) is 7.68. The number of phenols is 1. The minimum Gasteiger partial charge on any atom is -0.503 e. The lowest BCUT2D eigenvalue weighted by molar-refractivity contribution is 0.0594. The van der Waals surface area contributed by atoms with E-state index in [9.17, 15) is 9.90 Å². The molecule has 0 amide bonds. The molecule has 1 N–H and O–H groups in total. The highest BCUT2D eigenvalue weighted by molar-refractivity contribution is 6.39. The number of benzene rings is 2. The Morgan fingerprint density at radius 2 is 1.46 bits per heavy atom. The number of esters is 1. The van der Waals surface area contributed by atoms with E-state index in [4.69, 9.17) is 58.5 Å². The third-order valence-corrected chi connectivity index (χ3v) is 5.04. The van der Waals surface area contributed by atoms with Gasteiger partial charge < -0.3 is 28.8 Å². The molecule has 0 aromatic heterocycles. The van der Waals surface area contributed by atoms with Crippen LogP contribution in [0, 0.1) is 6.92 Å². The van der Waals surface area contributed by atoms with Crippen molar-refractivity contribution in [1.29, 1.82) is 0 Å². The zero-order valence-electron chi connectivity index (χ0n) is 15.6. The maximum absolute atomic E-state index is 12.3. The lowest BCUT2D eigenvalue weighted by Gasteiger charge is -2.20. The topological polar surface area (TPSA) is 83.5 Å². The number of carbonyl (C=O) groups excluding carboxylic acids is 1. The molecule has 0 saturated carbocycles. The van der Waals surface area contributed by atoms with Crippen LogP contribution < -0.4 is 18.9 Å². The van der Waals surface area contributed by atoms with Crippen molar-refractivity contribution >= 4 is 40.8 Å². The highest BCUT2D eigenvalue weighted by Gasteiger charge is 2.29. The fourth-order valence-corrected chi connectivity index (χ4v) is 3.34. The third kappa shape index (κ3) is 3.70. The van der Waals surface area contributed by atoms with Crippen molar-refractivity contribution in [2.45, 2.75) is 6.92 Å². The summed E-state index contributed by atoms with van der Waals surface area (Å²) in [4.78, 5) is 12.3. The van der Waals surface area contributed by atoms with Crippen molar-refractivity contribution in [3.63, 3.8) is 0 Å². The molecule has 0 aliphatic heterocycles. The molecule has 2 rings (SSSR count). The van der Waals surface area contributed by atoms with E-state index in [1.165, 1.54) is 34.5 Å². The molecule has 28 heavy (non-hydrogen) atoms. The highest BCUT2D eigenvalue weighted by Crippen LogP contribution is 2.51. The van der Waals surface area contributed by atoms with Gasteiger partial charge in [0, 0.05) is 11.6 Å². The first-order chi connectivity index (χ1) is 13.2. The van der Waals surface area contributed by atoms with E-state index in [0.717, 1.165) is 0 Å². The number of hydrogen-bond donors (Lipinski definition) is 1. The molecular weight excluding hydrogens is 435 g/mol. The molecule has 10 heteroatoms. The fourth-order valence-electron chi connectivity index (χ4n) is 2.47. The van der Waals surface area contributed by atoms with Crippen LogP contribution in [-0.2, 0) is 4.74 Å². The van der Waals surface area contributed by atoms with Gasteiger partial charge >= 0.3 is 5.97 Å². The summed E-state index contributed by atoms with van der Waals surface area (Å²) in [5, 5.41) is 10.5. The molecule has 2 aromatic rings. The van der Waals surface area contributed by atoms with Crippen molar-refractivity contribution in [3.8, 4) is 34.5 Å². The van der Waals surface area contributed by atoms with Crippen LogP contribution in [0.15, 0.2) is 6.07 Å². The minimum atomic E-state index is -0.778. The first kappa shape index (κ1) is 22.1. The maximum atomic E-state index is 12.3. The summed E-state index contributed by atoms with van der Waals surface area (Å²) in [5.41, 5.74) is 0.210. The Morgan fingerprint density at radius 1 is 0.857 bits per heavy atom. The van der Waals surface area contributed by atoms with Crippen molar-refractivity contribution < 1.29 is 33.6 Å². The van der Waals surface area contributed by atoms with E-state index in [1.54, 1.807) is 6.92 Å². The van der Waals surface area contributed by atoms with Crippen LogP contribution in [0.5, 0.6) is 34.5 Å². The summed E-state index contributed by atoms with van der Waals surface area (Å²) in [7, 11) is 5.25. The zero-order chi connectivity index (χ0) is 21.2. The normalized spacial score (nSPS) is 10.4. The van der Waals surface area contributed by atoms with E-state index in [1.807, 2.05) is 0 Å². The standard InChI is InChI=1S/C18H17Cl3O7/c1-7-11(19)17(26-4)13(21)14(22)15(7)28-8-6-9(24-2)12(20)16(25-3)10(8)18(23)27-5/h6,22H,1-5H3. The van der Waals surface area contributed by atoms with Gasteiger partial charge in [-0.25, -0.2) is 4.79 Å². The number of carbonyl (C=O) groups is 1. The van der Waals surface area contributed by atoms with Gasteiger partial charge in [-0.3, -0.25) is 0 Å². The fraction of sp³-hybridized carbons (Fsp3) is 0.278. The highest BCUT2D eigenvalue weighted by atomic mass is 35.5. The predicted octanol–water partition coefficient (Wildman–Crippen LogP) is 5.27. The van der Waals surface area contributed by atoms with Gasteiger partial charge in [-0.05, 0) is 6.92 Å². The average molecular weight is 452 g/mol. The number of methoxy groups -OCH3 is 4. The summed E-state index contributed by atoms with van der Waals surface area (Å²) in [6, 6.07) is 1.35. The van der Waals surface area contributed by atoms with Crippen LogP contribution in [0.2, 0.25) is 15.1 Å². The zero-order valence-corrected chi connectivity index (χ0v) is 17.9. The van der Waals surface area contributed by atoms with Gasteiger partial charge in [0.25, 0.3) is 0 Å². The summed E-state index contributed by atoms with van der Waals surface area (Å²) in [6.45, 7) is 1.58. The second kappa shape index (κ2) is 8.86. The van der Waals surface area contributed by atoms with Crippen LogP contribution >= 0.6 is 34.8 Å². The Kier molecular flexibility index (Phi) is 6.98. The van der Waals surface area contributed by atoms with Crippen LogP contribution in [0.1, 0.15) is 15.9 Å². The number of halogens is 3. The molecule has 0 heterocycles. The van der Waals surface area contributed by atoms with E-state index in [-0.39, 0.29) is 49.4 Å². The monoisotopic (exact) mass is 450 g/mol. The Bertz CT molecular complexity index is 899. The number of hydrogen-bond acceptors (Lipinski definition) is 7. The van der Waals surface area contributed by atoms with Gasteiger partial charge in [-0.2, -0.15) is 0 Å². The van der Waals surface area contributed by atoms with Crippen molar-refractivity contribution in [1.82, 2.24) is 0 Å². The van der Waals surface area contributed by atoms with Crippen LogP contribution in [0.25, 0.3) is 0 Å². The van der Waals surface area contributed by atoms with Gasteiger partial charge in [0.05, 0.1) is 33.5 Å². The molecule has 0 saturated heterocycles. The van der Waals surface area contributed by atoms with Crippen LogP contribution in [0.3, 0.4) is 0 Å². The molecular formula is C18H17Cl3O7. The first-order valence-corrected chi connectivity index (χ1v) is 8.81. The number of aromatic hydroxyl groups is 1. The van der Waals surface area contributed by atoms with Crippen LogP contribution in [-0.4, -0.2) is 39.5 Å². The van der Waals surface area contributed by atoms with Crippen molar-refractivity contribution in [2.75, 3.05) is 28.4 Å². The Hall–Kier alpha value is -2.22. The van der Waals surface area contributed by atoms with E-state index >= 15 is 0 Å². The summed E-state index contributed by atoms with van der Waals surface area (Å²) in [6.07, 6.45) is 0. The smallest absolute Gasteiger partial charge is 0.345 e. The van der Waals surface area contributed by atoms with E-state index in [2.05, 4.69) is 0 Å². The number of phenolic OH excluding ortho intramolecular Hbond substituents is 1. The SMILES string of the molecule is COC(=O)c1c(Oc2c(C)c(Cl)c(OC)c(Cl)c2O)cc(OC)c(Cl)c1OC. The average Bonchev–Trinajstić information content (AvgIpc) is 2.69. The van der Waals surface area contributed by atoms with Gasteiger partial charge in [0.2, 0.25) is 0 Å². The van der Waals surface area contributed by atoms with E-state index in [0.29, 0.717) is 5.56 Å². The third-order valence-electron chi connectivity index (χ3n) is 3.87. The van der Waals surface area contributed by atoms with Gasteiger partial charge in [-0.15, -0.1) is 0 Å². The Balaban J connectivity index is 2.78. The minimum absolute atomic E-state index is 0.0225. The molecule has 0 spiro atoms.